The molecule has 0 bridgehead atoms. The summed E-state index contributed by atoms with van der Waals surface area (Å²) in [5.41, 5.74) is 3.80. The number of hydrogen-bond acceptors (Lipinski definition) is 4. The molecule has 1 aromatic heterocycles. The van der Waals surface area contributed by atoms with Crippen molar-refractivity contribution in [2.24, 2.45) is 0 Å². The molecule has 0 atom stereocenters. The Balaban J connectivity index is 1.53. The lowest BCUT2D eigenvalue weighted by Crippen LogP contribution is -2.33. The summed E-state index contributed by atoms with van der Waals surface area (Å²) >= 11 is 4.93. The number of nitrogens with zero attached hydrogens (tertiary/aromatic N) is 1. The van der Waals surface area contributed by atoms with Crippen molar-refractivity contribution in [3.05, 3.63) is 80.3 Å². The summed E-state index contributed by atoms with van der Waals surface area (Å²) in [5, 5.41) is 5.90. The van der Waals surface area contributed by atoms with Gasteiger partial charge in [0, 0.05) is 27.5 Å². The van der Waals surface area contributed by atoms with Crippen LogP contribution in [0.3, 0.4) is 0 Å². The topological polar surface area (TPSA) is 71.1 Å². The number of rotatable bonds is 6. The van der Waals surface area contributed by atoms with E-state index in [-0.39, 0.29) is 18.4 Å². The number of hydrogen-bond donors (Lipinski definition) is 2. The highest BCUT2D eigenvalue weighted by Crippen LogP contribution is 2.23. The van der Waals surface area contributed by atoms with E-state index >= 15 is 0 Å². The molecule has 5 nitrogen and oxygen atoms in total. The van der Waals surface area contributed by atoms with Crippen molar-refractivity contribution in [1.29, 1.82) is 0 Å². The highest BCUT2D eigenvalue weighted by Gasteiger charge is 2.12. The molecule has 1 heterocycles. The van der Waals surface area contributed by atoms with E-state index in [0.29, 0.717) is 10.7 Å². The third-order valence-corrected chi connectivity index (χ3v) is 6.00. The minimum Gasteiger partial charge on any atom is -0.343 e. The van der Waals surface area contributed by atoms with E-state index in [9.17, 15) is 9.59 Å². The van der Waals surface area contributed by atoms with Gasteiger partial charge in [-0.1, -0.05) is 46.3 Å². The second-order valence-corrected chi connectivity index (χ2v) is 8.41. The van der Waals surface area contributed by atoms with Crippen LogP contribution in [0.2, 0.25) is 0 Å². The normalized spacial score (nSPS) is 10.5. The fourth-order valence-electron chi connectivity index (χ4n) is 2.71. The average molecular weight is 458 g/mol. The quantitative estimate of drug-likeness (QED) is 0.572. The molecule has 0 spiro atoms. The van der Waals surface area contributed by atoms with Gasteiger partial charge < -0.3 is 10.6 Å². The lowest BCUT2D eigenvalue weighted by molar-refractivity contribution is -0.115. The first-order valence-electron chi connectivity index (χ1n) is 8.76. The van der Waals surface area contributed by atoms with Gasteiger partial charge in [-0.25, -0.2) is 4.98 Å². The number of aromatic nitrogens is 1. The Morgan fingerprint density at radius 2 is 1.89 bits per heavy atom. The Labute approximate surface area is 176 Å². The van der Waals surface area contributed by atoms with Crippen LogP contribution in [-0.2, 0) is 11.2 Å². The second-order valence-electron chi connectivity index (χ2n) is 6.44. The van der Waals surface area contributed by atoms with E-state index < -0.39 is 0 Å². The molecule has 0 saturated heterocycles. The second kappa shape index (κ2) is 9.12. The maximum Gasteiger partial charge on any atom is 0.251 e. The number of benzene rings is 2. The first kappa shape index (κ1) is 20.2. The molecule has 2 N–H and O–H groups in total. The fraction of sp³-hybridized carbons (Fsp3) is 0.190. The molecular weight excluding hydrogens is 438 g/mol. The van der Waals surface area contributed by atoms with Crippen molar-refractivity contribution in [2.45, 2.75) is 20.3 Å². The molecule has 7 heteroatoms. The van der Waals surface area contributed by atoms with Crippen LogP contribution in [0.25, 0.3) is 0 Å². The Morgan fingerprint density at radius 1 is 1.11 bits per heavy atom. The lowest BCUT2D eigenvalue weighted by Gasteiger charge is -2.07. The third kappa shape index (κ3) is 5.27. The molecule has 0 saturated carbocycles. The molecule has 0 fully saturated rings. The zero-order chi connectivity index (χ0) is 20.1. The van der Waals surface area contributed by atoms with Gasteiger partial charge in [0.05, 0.1) is 6.54 Å². The van der Waals surface area contributed by atoms with Gasteiger partial charge in [-0.2, -0.15) is 0 Å². The van der Waals surface area contributed by atoms with Crippen molar-refractivity contribution < 1.29 is 9.59 Å². The Bertz CT molecular complexity index is 1020. The van der Waals surface area contributed by atoms with Gasteiger partial charge in [-0.3, -0.25) is 9.59 Å². The van der Waals surface area contributed by atoms with Crippen LogP contribution in [0.1, 0.15) is 31.9 Å². The first-order valence-corrected chi connectivity index (χ1v) is 10.4. The highest BCUT2D eigenvalue weighted by molar-refractivity contribution is 9.10. The molecule has 0 radical (unpaired) electrons. The zero-order valence-corrected chi connectivity index (χ0v) is 18.0. The number of aryl methyl sites for hydroxylation is 2. The van der Waals surface area contributed by atoms with E-state index in [0.717, 1.165) is 21.3 Å². The molecule has 0 unspecified atom stereocenters. The van der Waals surface area contributed by atoms with Gasteiger partial charge >= 0.3 is 0 Å². The molecular formula is C21H20BrN3O2S. The number of amides is 2. The Morgan fingerprint density at radius 3 is 2.64 bits per heavy atom. The van der Waals surface area contributed by atoms with Gasteiger partial charge in [0.25, 0.3) is 5.91 Å². The maximum absolute atomic E-state index is 12.2. The first-order chi connectivity index (χ1) is 13.4. The van der Waals surface area contributed by atoms with Gasteiger partial charge in [0.1, 0.15) is 0 Å². The smallest absolute Gasteiger partial charge is 0.251 e. The van der Waals surface area contributed by atoms with Crippen LogP contribution >= 0.6 is 27.3 Å². The number of halogens is 1. The third-order valence-electron chi connectivity index (χ3n) is 4.20. The standard InChI is InChI=1S/C21H20BrN3O2S/c1-13-5-3-4-6-17(13)20(27)23-12-19(26)25-21-24-11-16(28-21)10-15-7-8-18(22)14(2)9-15/h3-9,11H,10,12H2,1-2H3,(H,23,27)(H,24,25,26). The van der Waals surface area contributed by atoms with Crippen molar-refractivity contribution in [1.82, 2.24) is 10.3 Å². The van der Waals surface area contributed by atoms with Crippen molar-refractivity contribution in [2.75, 3.05) is 11.9 Å². The Hall–Kier alpha value is -2.51. The summed E-state index contributed by atoms with van der Waals surface area (Å²) in [6, 6.07) is 13.5. The molecule has 28 heavy (non-hydrogen) atoms. The van der Waals surface area contributed by atoms with Crippen LogP contribution in [0.5, 0.6) is 0 Å². The summed E-state index contributed by atoms with van der Waals surface area (Å²) in [6.07, 6.45) is 2.52. The lowest BCUT2D eigenvalue weighted by atomic mass is 10.1. The summed E-state index contributed by atoms with van der Waals surface area (Å²) in [6.45, 7) is 3.81. The monoisotopic (exact) mass is 457 g/mol. The van der Waals surface area contributed by atoms with Crippen molar-refractivity contribution >= 4 is 44.2 Å². The summed E-state index contributed by atoms with van der Waals surface area (Å²) < 4.78 is 1.08. The van der Waals surface area contributed by atoms with Gasteiger partial charge in [0.15, 0.2) is 5.13 Å². The maximum atomic E-state index is 12.2. The van der Waals surface area contributed by atoms with Crippen molar-refractivity contribution in [3.63, 3.8) is 0 Å². The molecule has 3 aromatic rings. The molecule has 0 aliphatic carbocycles. The van der Waals surface area contributed by atoms with E-state index in [1.807, 2.05) is 25.1 Å². The number of carbonyl (C=O) groups is 2. The minimum atomic E-state index is -0.303. The van der Waals surface area contributed by atoms with Crippen LogP contribution < -0.4 is 10.6 Å². The van der Waals surface area contributed by atoms with Gasteiger partial charge in [-0.05, 0) is 42.7 Å². The SMILES string of the molecule is Cc1cc(Cc2cnc(NC(=O)CNC(=O)c3ccccc3C)s2)ccc1Br. The molecule has 0 aliphatic rings. The van der Waals surface area contributed by atoms with Crippen LogP contribution in [-0.4, -0.2) is 23.3 Å². The molecule has 3 rings (SSSR count). The molecule has 2 aromatic carbocycles. The van der Waals surface area contributed by atoms with Crippen LogP contribution in [0.15, 0.2) is 53.1 Å². The number of anilines is 1. The van der Waals surface area contributed by atoms with E-state index in [1.54, 1.807) is 18.3 Å². The number of carbonyl (C=O) groups excluding carboxylic acids is 2. The Kier molecular flexibility index (Phi) is 6.59. The molecule has 2 amide bonds. The summed E-state index contributed by atoms with van der Waals surface area (Å²) in [7, 11) is 0. The highest BCUT2D eigenvalue weighted by atomic mass is 79.9. The molecule has 0 aliphatic heterocycles. The molecule has 144 valence electrons. The summed E-state index contributed by atoms with van der Waals surface area (Å²) in [5.74, 6) is -0.569. The fourth-order valence-corrected chi connectivity index (χ4v) is 3.82. The van der Waals surface area contributed by atoms with Gasteiger partial charge in [-0.15, -0.1) is 11.3 Å². The number of thiazole rings is 1. The largest absolute Gasteiger partial charge is 0.343 e. The van der Waals surface area contributed by atoms with Crippen LogP contribution in [0, 0.1) is 13.8 Å². The predicted octanol–water partition coefficient (Wildman–Crippen LogP) is 4.48. The predicted molar refractivity (Wildman–Crippen MR) is 116 cm³/mol. The van der Waals surface area contributed by atoms with E-state index in [2.05, 4.69) is 50.6 Å². The van der Waals surface area contributed by atoms with E-state index in [1.165, 1.54) is 22.5 Å². The number of nitrogens with one attached hydrogen (secondary N) is 2. The van der Waals surface area contributed by atoms with E-state index in [4.69, 9.17) is 0 Å². The zero-order valence-electron chi connectivity index (χ0n) is 15.6. The van der Waals surface area contributed by atoms with Crippen molar-refractivity contribution in [3.8, 4) is 0 Å². The average Bonchev–Trinajstić information content (AvgIpc) is 3.10. The summed E-state index contributed by atoms with van der Waals surface area (Å²) in [4.78, 5) is 29.6. The minimum absolute atomic E-state index is 0.103. The van der Waals surface area contributed by atoms with Gasteiger partial charge in [0.2, 0.25) is 5.91 Å². The van der Waals surface area contributed by atoms with Crippen LogP contribution in [0.4, 0.5) is 5.13 Å².